The Balaban J connectivity index is 0.00000338. The molecule has 0 aliphatic carbocycles. The third-order valence-electron chi connectivity index (χ3n) is 3.86. The number of methoxy groups -OCH3 is 3. The first-order valence-electron chi connectivity index (χ1n) is 7.97. The Morgan fingerprint density at radius 1 is 1.00 bits per heavy atom. The average Bonchev–Trinajstić information content (AvgIpc) is 2.63. The summed E-state index contributed by atoms with van der Waals surface area (Å²) in [4.78, 5) is 12.1. The van der Waals surface area contributed by atoms with E-state index in [2.05, 4.69) is 5.32 Å². The van der Waals surface area contributed by atoms with E-state index in [0.717, 1.165) is 11.1 Å². The molecule has 0 aliphatic rings. The molecule has 0 aromatic heterocycles. The van der Waals surface area contributed by atoms with Gasteiger partial charge in [-0.15, -0.1) is 12.4 Å². The number of carbonyl (C=O) groups excluding carboxylic acids is 1. The fraction of sp³-hybridized carbons (Fsp3) is 0.316. The van der Waals surface area contributed by atoms with Crippen LogP contribution in [-0.2, 0) is 17.6 Å². The zero-order valence-electron chi connectivity index (χ0n) is 15.2. The number of nitrogens with two attached hydrogens (primary N) is 1. The van der Waals surface area contributed by atoms with Crippen molar-refractivity contribution >= 4 is 24.0 Å². The van der Waals surface area contributed by atoms with E-state index in [-0.39, 0.29) is 18.3 Å². The maximum Gasteiger partial charge on any atom is 0.224 e. The molecule has 0 aliphatic heterocycles. The molecule has 0 unspecified atom stereocenters. The number of hydrogen-bond acceptors (Lipinski definition) is 5. The molecule has 142 valence electrons. The summed E-state index contributed by atoms with van der Waals surface area (Å²) in [6.07, 6.45) is 0.904. The van der Waals surface area contributed by atoms with Crippen molar-refractivity contribution in [3.8, 4) is 17.2 Å². The molecule has 0 spiro atoms. The van der Waals surface area contributed by atoms with Crippen molar-refractivity contribution in [2.45, 2.75) is 12.8 Å². The SMILES string of the molecule is COc1cc(OC)c(CCNC(=O)Cc2ccc(N)cc2)c(OC)c1.Cl. The summed E-state index contributed by atoms with van der Waals surface area (Å²) >= 11 is 0. The minimum absolute atomic E-state index is 0. The average molecular weight is 381 g/mol. The molecule has 0 saturated heterocycles. The lowest BCUT2D eigenvalue weighted by molar-refractivity contribution is -0.120. The monoisotopic (exact) mass is 380 g/mol. The highest BCUT2D eigenvalue weighted by Gasteiger charge is 2.13. The summed E-state index contributed by atoms with van der Waals surface area (Å²) in [5.41, 5.74) is 8.14. The third kappa shape index (κ3) is 5.74. The van der Waals surface area contributed by atoms with Crippen molar-refractivity contribution < 1.29 is 19.0 Å². The molecule has 6 nitrogen and oxygen atoms in total. The fourth-order valence-corrected chi connectivity index (χ4v) is 2.53. The Bertz CT molecular complexity index is 695. The van der Waals surface area contributed by atoms with Gasteiger partial charge in [-0.3, -0.25) is 4.79 Å². The minimum atomic E-state index is -0.0452. The predicted octanol–water partition coefficient (Wildman–Crippen LogP) is 2.62. The number of halogens is 1. The van der Waals surface area contributed by atoms with Crippen molar-refractivity contribution in [3.63, 3.8) is 0 Å². The van der Waals surface area contributed by atoms with E-state index in [0.29, 0.717) is 42.3 Å². The number of nitrogen functional groups attached to an aromatic ring is 1. The number of carbonyl (C=O) groups is 1. The van der Waals surface area contributed by atoms with E-state index < -0.39 is 0 Å². The number of ether oxygens (including phenoxy) is 3. The molecule has 0 bridgehead atoms. The van der Waals surface area contributed by atoms with E-state index in [4.69, 9.17) is 19.9 Å². The Labute approximate surface area is 160 Å². The van der Waals surface area contributed by atoms with Gasteiger partial charge < -0.3 is 25.3 Å². The summed E-state index contributed by atoms with van der Waals surface area (Å²) < 4.78 is 16.1. The molecule has 2 rings (SSSR count). The summed E-state index contributed by atoms with van der Waals surface area (Å²) in [5, 5.41) is 2.91. The summed E-state index contributed by atoms with van der Waals surface area (Å²) in [6.45, 7) is 0.479. The minimum Gasteiger partial charge on any atom is -0.496 e. The van der Waals surface area contributed by atoms with Crippen molar-refractivity contribution in [3.05, 3.63) is 47.5 Å². The van der Waals surface area contributed by atoms with E-state index in [1.165, 1.54) is 0 Å². The first-order chi connectivity index (χ1) is 12.1. The van der Waals surface area contributed by atoms with Crippen molar-refractivity contribution in [1.82, 2.24) is 5.32 Å². The van der Waals surface area contributed by atoms with Gasteiger partial charge in [-0.05, 0) is 24.1 Å². The molecule has 7 heteroatoms. The quantitative estimate of drug-likeness (QED) is 0.688. The van der Waals surface area contributed by atoms with Crippen LogP contribution >= 0.6 is 12.4 Å². The molecule has 26 heavy (non-hydrogen) atoms. The Morgan fingerprint density at radius 3 is 2.08 bits per heavy atom. The number of hydrogen-bond donors (Lipinski definition) is 2. The van der Waals surface area contributed by atoms with Crippen LogP contribution in [0.15, 0.2) is 36.4 Å². The number of amides is 1. The molecule has 2 aromatic rings. The van der Waals surface area contributed by atoms with Gasteiger partial charge in [0.25, 0.3) is 0 Å². The standard InChI is InChI=1S/C19H24N2O4.ClH/c1-23-15-11-17(24-2)16(18(12-15)25-3)8-9-21-19(22)10-13-4-6-14(20)7-5-13;/h4-7,11-12H,8-10,20H2,1-3H3,(H,21,22);1H. The van der Waals surface area contributed by atoms with Crippen LogP contribution < -0.4 is 25.3 Å². The number of anilines is 1. The van der Waals surface area contributed by atoms with Gasteiger partial charge in [0.1, 0.15) is 17.2 Å². The van der Waals surface area contributed by atoms with Crippen LogP contribution in [-0.4, -0.2) is 33.8 Å². The lowest BCUT2D eigenvalue weighted by Crippen LogP contribution is -2.27. The van der Waals surface area contributed by atoms with Gasteiger partial charge >= 0.3 is 0 Å². The van der Waals surface area contributed by atoms with E-state index in [1.54, 1.807) is 45.6 Å². The Kier molecular flexibility index (Phi) is 8.58. The van der Waals surface area contributed by atoms with Gasteiger partial charge in [-0.1, -0.05) is 12.1 Å². The van der Waals surface area contributed by atoms with Gasteiger partial charge in [-0.25, -0.2) is 0 Å². The molecule has 0 atom stereocenters. The zero-order chi connectivity index (χ0) is 18.2. The maximum absolute atomic E-state index is 12.1. The van der Waals surface area contributed by atoms with Crippen LogP contribution in [0.2, 0.25) is 0 Å². The van der Waals surface area contributed by atoms with Gasteiger partial charge in [0.2, 0.25) is 5.91 Å². The molecule has 3 N–H and O–H groups in total. The molecule has 1 amide bonds. The highest BCUT2D eigenvalue weighted by Crippen LogP contribution is 2.34. The van der Waals surface area contributed by atoms with Crippen LogP contribution in [0.1, 0.15) is 11.1 Å². The molecule has 0 fully saturated rings. The second kappa shape index (κ2) is 10.4. The highest BCUT2D eigenvalue weighted by molar-refractivity contribution is 5.85. The fourth-order valence-electron chi connectivity index (χ4n) is 2.53. The van der Waals surface area contributed by atoms with Gasteiger partial charge in [-0.2, -0.15) is 0 Å². The van der Waals surface area contributed by atoms with Crippen molar-refractivity contribution in [2.75, 3.05) is 33.6 Å². The number of nitrogens with one attached hydrogen (secondary N) is 1. The molecule has 0 heterocycles. The van der Waals surface area contributed by atoms with Crippen LogP contribution in [0.3, 0.4) is 0 Å². The molecule has 2 aromatic carbocycles. The first-order valence-corrected chi connectivity index (χ1v) is 7.97. The van der Waals surface area contributed by atoms with Crippen molar-refractivity contribution in [2.24, 2.45) is 0 Å². The predicted molar refractivity (Wildman–Crippen MR) is 105 cm³/mol. The molecule has 0 saturated carbocycles. The summed E-state index contributed by atoms with van der Waals surface area (Å²) in [7, 11) is 4.78. The van der Waals surface area contributed by atoms with Crippen molar-refractivity contribution in [1.29, 1.82) is 0 Å². The third-order valence-corrected chi connectivity index (χ3v) is 3.86. The second-order valence-electron chi connectivity index (χ2n) is 5.53. The normalized spacial score (nSPS) is 9.81. The second-order valence-corrected chi connectivity index (χ2v) is 5.53. The summed E-state index contributed by atoms with van der Waals surface area (Å²) in [5.74, 6) is 1.95. The zero-order valence-corrected chi connectivity index (χ0v) is 16.0. The lowest BCUT2D eigenvalue weighted by atomic mass is 10.1. The smallest absolute Gasteiger partial charge is 0.224 e. The van der Waals surface area contributed by atoms with Crippen LogP contribution in [0, 0.1) is 0 Å². The van der Waals surface area contributed by atoms with Crippen LogP contribution in [0.25, 0.3) is 0 Å². The van der Waals surface area contributed by atoms with E-state index >= 15 is 0 Å². The van der Waals surface area contributed by atoms with Crippen LogP contribution in [0.5, 0.6) is 17.2 Å². The Morgan fingerprint density at radius 2 is 1.58 bits per heavy atom. The van der Waals surface area contributed by atoms with E-state index in [9.17, 15) is 4.79 Å². The first kappa shape index (κ1) is 21.4. The summed E-state index contributed by atoms with van der Waals surface area (Å²) in [6, 6.07) is 10.9. The number of benzene rings is 2. The van der Waals surface area contributed by atoms with Gasteiger partial charge in [0.05, 0.1) is 27.8 Å². The van der Waals surface area contributed by atoms with Gasteiger partial charge in [0.15, 0.2) is 0 Å². The lowest BCUT2D eigenvalue weighted by Gasteiger charge is -2.15. The molecular formula is C19H25ClN2O4. The largest absolute Gasteiger partial charge is 0.496 e. The molecular weight excluding hydrogens is 356 g/mol. The highest BCUT2D eigenvalue weighted by atomic mass is 35.5. The topological polar surface area (TPSA) is 82.8 Å². The van der Waals surface area contributed by atoms with Crippen LogP contribution in [0.4, 0.5) is 5.69 Å². The van der Waals surface area contributed by atoms with Gasteiger partial charge in [0, 0.05) is 29.9 Å². The Hall–Kier alpha value is -2.60. The number of rotatable bonds is 8. The maximum atomic E-state index is 12.1. The molecule has 0 radical (unpaired) electrons. The van der Waals surface area contributed by atoms with E-state index in [1.807, 2.05) is 12.1 Å².